The molecule has 0 atom stereocenters. The lowest BCUT2D eigenvalue weighted by molar-refractivity contribution is 0.601. The third kappa shape index (κ3) is 2.31. The molecule has 0 aliphatic heterocycles. The maximum atomic E-state index is 11.7. The highest BCUT2D eigenvalue weighted by Crippen LogP contribution is 2.15. The predicted octanol–water partition coefficient (Wildman–Crippen LogP) is 1.34. The van der Waals surface area contributed by atoms with Crippen molar-refractivity contribution < 1.29 is 8.42 Å². The smallest absolute Gasteiger partial charge is 0.253 e. The molecule has 0 saturated heterocycles. The topological polar surface area (TPSA) is 72.0 Å². The summed E-state index contributed by atoms with van der Waals surface area (Å²) in [5.41, 5.74) is 0. The summed E-state index contributed by atoms with van der Waals surface area (Å²) in [6.07, 6.45) is 1.30. The van der Waals surface area contributed by atoms with Gasteiger partial charge in [0, 0.05) is 11.5 Å². The Hall–Kier alpha value is -1.47. The van der Waals surface area contributed by atoms with Crippen molar-refractivity contribution in [2.45, 2.75) is 4.90 Å². The fraction of sp³-hybridized carbons (Fsp3) is 0. The first-order valence-electron chi connectivity index (χ1n) is 4.03. The molecule has 0 unspecified atom stereocenters. The lowest BCUT2D eigenvalue weighted by atomic mass is 10.4. The fourth-order valence-corrected chi connectivity index (χ4v) is 2.67. The number of nitrogens with zero attached hydrogens (tertiary/aromatic N) is 2. The van der Waals surface area contributed by atoms with Gasteiger partial charge in [0.25, 0.3) is 10.0 Å². The van der Waals surface area contributed by atoms with Gasteiger partial charge in [-0.3, -0.25) is 4.72 Å². The lowest BCUT2D eigenvalue weighted by Gasteiger charge is -2.03. The highest BCUT2D eigenvalue weighted by molar-refractivity contribution is 7.93. The minimum Gasteiger partial charge on any atom is -0.253 e. The quantitative estimate of drug-likeness (QED) is 0.880. The Morgan fingerprint density at radius 1 is 1.20 bits per heavy atom. The monoisotopic (exact) mass is 241 g/mol. The number of nitrogens with one attached hydrogen (secondary N) is 1. The van der Waals surface area contributed by atoms with Crippen LogP contribution in [0.3, 0.4) is 0 Å². The number of anilines is 1. The van der Waals surface area contributed by atoms with Crippen LogP contribution >= 0.6 is 11.5 Å². The molecule has 0 fully saturated rings. The van der Waals surface area contributed by atoms with Crippen LogP contribution in [0.5, 0.6) is 0 Å². The second-order valence-electron chi connectivity index (χ2n) is 2.66. The average molecular weight is 241 g/mol. The Morgan fingerprint density at radius 3 is 2.53 bits per heavy atom. The van der Waals surface area contributed by atoms with Crippen molar-refractivity contribution in [3.63, 3.8) is 0 Å². The maximum absolute atomic E-state index is 11.7. The molecular formula is C8H7N3O2S2. The van der Waals surface area contributed by atoms with Crippen LogP contribution in [0.4, 0.5) is 5.13 Å². The zero-order valence-corrected chi connectivity index (χ0v) is 9.12. The van der Waals surface area contributed by atoms with E-state index in [0.29, 0.717) is 0 Å². The lowest BCUT2D eigenvalue weighted by Crippen LogP contribution is -2.12. The SMILES string of the molecule is O=S(=O)(Nc1ncns1)c1ccccc1. The molecular weight excluding hydrogens is 234 g/mol. The van der Waals surface area contributed by atoms with Gasteiger partial charge in [0.1, 0.15) is 6.33 Å². The van der Waals surface area contributed by atoms with Crippen molar-refractivity contribution in [3.05, 3.63) is 36.7 Å². The first-order chi connectivity index (χ1) is 7.18. The van der Waals surface area contributed by atoms with E-state index in [2.05, 4.69) is 14.1 Å². The van der Waals surface area contributed by atoms with Gasteiger partial charge in [-0.05, 0) is 12.1 Å². The molecule has 2 aromatic rings. The number of aromatic nitrogens is 2. The normalized spacial score (nSPS) is 11.2. The number of hydrogen-bond donors (Lipinski definition) is 1. The Morgan fingerprint density at radius 2 is 1.93 bits per heavy atom. The van der Waals surface area contributed by atoms with Crippen LogP contribution in [-0.4, -0.2) is 17.8 Å². The zero-order chi connectivity index (χ0) is 10.7. The molecule has 0 aliphatic rings. The summed E-state index contributed by atoms with van der Waals surface area (Å²) in [6, 6.07) is 8.11. The second-order valence-corrected chi connectivity index (χ2v) is 5.13. The van der Waals surface area contributed by atoms with Crippen LogP contribution in [0.25, 0.3) is 0 Å². The van der Waals surface area contributed by atoms with Gasteiger partial charge >= 0.3 is 0 Å². The Bertz CT molecular complexity index is 522. The van der Waals surface area contributed by atoms with Crippen LogP contribution in [0.1, 0.15) is 0 Å². The highest BCUT2D eigenvalue weighted by atomic mass is 32.2. The van der Waals surface area contributed by atoms with Gasteiger partial charge < -0.3 is 0 Å². The molecule has 1 aromatic heterocycles. The van der Waals surface area contributed by atoms with E-state index in [4.69, 9.17) is 0 Å². The highest BCUT2D eigenvalue weighted by Gasteiger charge is 2.14. The van der Waals surface area contributed by atoms with Crippen LogP contribution in [0.15, 0.2) is 41.6 Å². The van der Waals surface area contributed by atoms with E-state index in [1.54, 1.807) is 18.2 Å². The third-order valence-electron chi connectivity index (χ3n) is 1.64. The third-order valence-corrected chi connectivity index (χ3v) is 3.70. The summed E-state index contributed by atoms with van der Waals surface area (Å²) in [5.74, 6) is 0. The van der Waals surface area contributed by atoms with Gasteiger partial charge in [-0.2, -0.15) is 4.37 Å². The molecule has 1 aromatic carbocycles. The van der Waals surface area contributed by atoms with Crippen molar-refractivity contribution in [2.75, 3.05) is 4.72 Å². The Labute approximate surface area is 91.0 Å². The number of benzene rings is 1. The number of hydrogen-bond acceptors (Lipinski definition) is 5. The standard InChI is InChI=1S/C8H7N3O2S2/c12-15(13,7-4-2-1-3-5-7)11-8-9-6-10-14-8/h1-6H,(H,9,10,11). The minimum absolute atomic E-state index is 0.209. The van der Waals surface area contributed by atoms with Gasteiger partial charge in [0.2, 0.25) is 5.13 Å². The van der Waals surface area contributed by atoms with E-state index in [0.717, 1.165) is 11.5 Å². The first-order valence-corrected chi connectivity index (χ1v) is 6.29. The number of sulfonamides is 1. The molecule has 1 heterocycles. The minimum atomic E-state index is -3.53. The zero-order valence-electron chi connectivity index (χ0n) is 7.49. The van der Waals surface area contributed by atoms with Crippen molar-refractivity contribution >= 4 is 26.7 Å². The van der Waals surface area contributed by atoms with Crippen molar-refractivity contribution in [3.8, 4) is 0 Å². The van der Waals surface area contributed by atoms with Crippen LogP contribution in [0.2, 0.25) is 0 Å². The van der Waals surface area contributed by atoms with E-state index >= 15 is 0 Å². The molecule has 0 amide bonds. The van der Waals surface area contributed by atoms with Crippen molar-refractivity contribution in [2.24, 2.45) is 0 Å². The number of rotatable bonds is 3. The molecule has 1 N–H and O–H groups in total. The van der Waals surface area contributed by atoms with E-state index in [1.165, 1.54) is 18.5 Å². The van der Waals surface area contributed by atoms with Crippen LogP contribution < -0.4 is 4.72 Å². The fourth-order valence-electron chi connectivity index (χ4n) is 0.992. The van der Waals surface area contributed by atoms with E-state index in [1.807, 2.05) is 0 Å². The summed E-state index contributed by atoms with van der Waals surface area (Å²) < 4.78 is 29.5. The Kier molecular flexibility index (Phi) is 2.65. The molecule has 0 saturated carbocycles. The van der Waals surface area contributed by atoms with Gasteiger partial charge in [-0.25, -0.2) is 13.4 Å². The Balaban J connectivity index is 2.29. The molecule has 2 rings (SSSR count). The average Bonchev–Trinajstić information content (AvgIpc) is 2.71. The van der Waals surface area contributed by atoms with Gasteiger partial charge in [-0.1, -0.05) is 18.2 Å². The van der Waals surface area contributed by atoms with Crippen LogP contribution in [-0.2, 0) is 10.0 Å². The van der Waals surface area contributed by atoms with E-state index < -0.39 is 10.0 Å². The van der Waals surface area contributed by atoms with Gasteiger partial charge in [-0.15, -0.1) is 0 Å². The largest absolute Gasteiger partial charge is 0.263 e. The van der Waals surface area contributed by atoms with Crippen LogP contribution in [0, 0.1) is 0 Å². The second kappa shape index (κ2) is 3.95. The van der Waals surface area contributed by atoms with E-state index in [-0.39, 0.29) is 10.0 Å². The molecule has 7 heteroatoms. The maximum Gasteiger partial charge on any atom is 0.263 e. The summed E-state index contributed by atoms with van der Waals surface area (Å²) in [5, 5.41) is 0.263. The molecule has 78 valence electrons. The van der Waals surface area contributed by atoms with Gasteiger partial charge in [0.15, 0.2) is 0 Å². The summed E-state index contributed by atoms with van der Waals surface area (Å²) in [4.78, 5) is 3.95. The first kappa shape index (κ1) is 10.1. The van der Waals surface area contributed by atoms with E-state index in [9.17, 15) is 8.42 Å². The molecule has 0 radical (unpaired) electrons. The predicted molar refractivity (Wildman–Crippen MR) is 57.2 cm³/mol. The molecule has 0 spiro atoms. The summed E-state index contributed by atoms with van der Waals surface area (Å²) in [7, 11) is -3.53. The van der Waals surface area contributed by atoms with Gasteiger partial charge in [0.05, 0.1) is 4.90 Å². The molecule has 0 bridgehead atoms. The summed E-state index contributed by atoms with van der Waals surface area (Å²) >= 11 is 0.993. The van der Waals surface area contributed by atoms with Crippen molar-refractivity contribution in [1.82, 2.24) is 9.36 Å². The molecule has 15 heavy (non-hydrogen) atoms. The molecule has 0 aliphatic carbocycles. The molecule has 5 nitrogen and oxygen atoms in total. The summed E-state index contributed by atoms with van der Waals surface area (Å²) in [6.45, 7) is 0. The van der Waals surface area contributed by atoms with Crippen molar-refractivity contribution in [1.29, 1.82) is 0 Å².